The third kappa shape index (κ3) is 3.40. The largest absolute Gasteiger partial charge is 0.489 e. The number of likely N-dealkylation sites (tertiary alicyclic amines) is 1. The van der Waals surface area contributed by atoms with Crippen molar-refractivity contribution in [1.29, 1.82) is 0 Å². The SMILES string of the molecule is O=C1CCC(N2Cc3cc(OC4CCCC4N4CC5COCC5C4)ccc3C2=O)C(=O)N1. The molecular weight excluding hydrogens is 410 g/mol. The standard InChI is InChI=1S/C24H29N3O5/c28-22-7-6-20(23(29)25-22)27-11-14-8-17(4-5-18(14)24(27)30)32-21-3-1-2-19(21)26-9-15-12-31-13-16(15)10-26/h4-5,8,15-16,19-21H,1-3,6-7,9-13H2,(H,25,28,29). The molecule has 3 amide bonds. The molecule has 1 aliphatic carbocycles. The lowest BCUT2D eigenvalue weighted by Gasteiger charge is -2.30. The van der Waals surface area contributed by atoms with E-state index in [1.165, 1.54) is 6.42 Å². The van der Waals surface area contributed by atoms with Gasteiger partial charge in [-0.05, 0) is 49.4 Å². The summed E-state index contributed by atoms with van der Waals surface area (Å²) >= 11 is 0. The first kappa shape index (κ1) is 20.2. The Hall–Kier alpha value is -2.45. The quantitative estimate of drug-likeness (QED) is 0.712. The van der Waals surface area contributed by atoms with Crippen molar-refractivity contribution >= 4 is 17.7 Å². The molecule has 1 N–H and O–H groups in total. The van der Waals surface area contributed by atoms with E-state index in [4.69, 9.17) is 9.47 Å². The number of nitrogens with zero attached hydrogens (tertiary/aromatic N) is 2. The maximum Gasteiger partial charge on any atom is 0.255 e. The second-order valence-corrected chi connectivity index (χ2v) is 9.88. The summed E-state index contributed by atoms with van der Waals surface area (Å²) < 4.78 is 12.1. The van der Waals surface area contributed by atoms with Gasteiger partial charge in [-0.3, -0.25) is 24.6 Å². The van der Waals surface area contributed by atoms with Crippen LogP contribution in [0.3, 0.4) is 0 Å². The number of piperidine rings is 1. The Kier molecular flexibility index (Phi) is 4.95. The number of imide groups is 1. The Balaban J connectivity index is 1.14. The molecule has 4 fully saturated rings. The normalized spacial score (nSPS) is 34.7. The summed E-state index contributed by atoms with van der Waals surface area (Å²) in [5.41, 5.74) is 1.51. The van der Waals surface area contributed by atoms with Gasteiger partial charge in [-0.1, -0.05) is 0 Å². The maximum atomic E-state index is 12.9. The van der Waals surface area contributed by atoms with Crippen LogP contribution < -0.4 is 10.1 Å². The average molecular weight is 440 g/mol. The van der Waals surface area contributed by atoms with Gasteiger partial charge >= 0.3 is 0 Å². The summed E-state index contributed by atoms with van der Waals surface area (Å²) in [4.78, 5) is 40.8. The van der Waals surface area contributed by atoms with Crippen LogP contribution in [0.1, 0.15) is 48.0 Å². The highest BCUT2D eigenvalue weighted by molar-refractivity contribution is 6.05. The summed E-state index contributed by atoms with van der Waals surface area (Å²) in [6, 6.07) is 5.51. The topological polar surface area (TPSA) is 88.2 Å². The summed E-state index contributed by atoms with van der Waals surface area (Å²) in [6.45, 7) is 4.37. The van der Waals surface area contributed by atoms with E-state index in [1.807, 2.05) is 18.2 Å². The molecule has 8 heteroatoms. The fourth-order valence-corrected chi connectivity index (χ4v) is 6.25. The van der Waals surface area contributed by atoms with Crippen LogP contribution >= 0.6 is 0 Å². The summed E-state index contributed by atoms with van der Waals surface area (Å²) in [5.74, 6) is 1.33. The van der Waals surface area contributed by atoms with Gasteiger partial charge in [0.15, 0.2) is 0 Å². The Labute approximate surface area is 187 Å². The monoisotopic (exact) mass is 439 g/mol. The third-order valence-corrected chi connectivity index (χ3v) is 7.94. The molecule has 0 bridgehead atoms. The van der Waals surface area contributed by atoms with Crippen LogP contribution in [0.15, 0.2) is 18.2 Å². The van der Waals surface area contributed by atoms with Gasteiger partial charge in [0.1, 0.15) is 17.9 Å². The van der Waals surface area contributed by atoms with Crippen molar-refractivity contribution in [2.24, 2.45) is 11.8 Å². The number of nitrogens with one attached hydrogen (secondary N) is 1. The molecule has 5 atom stereocenters. The Morgan fingerprint density at radius 3 is 2.62 bits per heavy atom. The van der Waals surface area contributed by atoms with Crippen LogP contribution in [0, 0.1) is 11.8 Å². The van der Waals surface area contributed by atoms with Gasteiger partial charge in [-0.25, -0.2) is 0 Å². The van der Waals surface area contributed by atoms with Crippen molar-refractivity contribution in [2.75, 3.05) is 26.3 Å². The molecule has 0 aromatic heterocycles. The van der Waals surface area contributed by atoms with Gasteiger partial charge in [0, 0.05) is 49.5 Å². The van der Waals surface area contributed by atoms with Crippen molar-refractivity contribution in [3.63, 3.8) is 0 Å². The molecule has 1 saturated carbocycles. The molecule has 5 unspecified atom stereocenters. The van der Waals surface area contributed by atoms with Crippen LogP contribution in [0.5, 0.6) is 5.75 Å². The predicted octanol–water partition coefficient (Wildman–Crippen LogP) is 1.33. The molecule has 0 spiro atoms. The highest BCUT2D eigenvalue weighted by Crippen LogP contribution is 2.37. The molecule has 4 aliphatic heterocycles. The molecule has 3 saturated heterocycles. The Bertz CT molecular complexity index is 953. The molecule has 4 heterocycles. The van der Waals surface area contributed by atoms with Crippen molar-refractivity contribution in [1.82, 2.24) is 15.1 Å². The highest BCUT2D eigenvalue weighted by Gasteiger charge is 2.44. The Morgan fingerprint density at radius 1 is 1.03 bits per heavy atom. The van der Waals surface area contributed by atoms with E-state index in [0.717, 1.165) is 50.5 Å². The maximum absolute atomic E-state index is 12.9. The van der Waals surface area contributed by atoms with E-state index in [2.05, 4.69) is 10.2 Å². The fourth-order valence-electron chi connectivity index (χ4n) is 6.25. The second kappa shape index (κ2) is 7.85. The summed E-state index contributed by atoms with van der Waals surface area (Å²) in [7, 11) is 0. The number of fused-ring (bicyclic) bond motifs is 2. The minimum absolute atomic E-state index is 0.148. The van der Waals surface area contributed by atoms with Gasteiger partial charge in [-0.15, -0.1) is 0 Å². The minimum Gasteiger partial charge on any atom is -0.489 e. The lowest BCUT2D eigenvalue weighted by atomic mass is 10.0. The third-order valence-electron chi connectivity index (χ3n) is 7.94. The van der Waals surface area contributed by atoms with Crippen LogP contribution in [0.2, 0.25) is 0 Å². The molecule has 1 aromatic carbocycles. The second-order valence-electron chi connectivity index (χ2n) is 9.88. The van der Waals surface area contributed by atoms with Gasteiger partial charge in [0.05, 0.1) is 13.2 Å². The van der Waals surface area contributed by atoms with Crippen LogP contribution in [-0.4, -0.2) is 72.0 Å². The molecule has 8 nitrogen and oxygen atoms in total. The molecule has 1 aromatic rings. The number of rotatable bonds is 4. The lowest BCUT2D eigenvalue weighted by molar-refractivity contribution is -0.136. The molecule has 6 rings (SSSR count). The zero-order valence-electron chi connectivity index (χ0n) is 18.1. The van der Waals surface area contributed by atoms with E-state index >= 15 is 0 Å². The first-order valence-corrected chi connectivity index (χ1v) is 11.8. The van der Waals surface area contributed by atoms with Crippen molar-refractivity contribution in [3.8, 4) is 5.75 Å². The number of ether oxygens (including phenoxy) is 2. The smallest absolute Gasteiger partial charge is 0.255 e. The van der Waals surface area contributed by atoms with E-state index < -0.39 is 6.04 Å². The van der Waals surface area contributed by atoms with Crippen LogP contribution in [0.4, 0.5) is 0 Å². The number of hydrogen-bond acceptors (Lipinski definition) is 6. The number of hydrogen-bond donors (Lipinski definition) is 1. The van der Waals surface area contributed by atoms with E-state index in [9.17, 15) is 14.4 Å². The lowest BCUT2D eigenvalue weighted by Crippen LogP contribution is -2.52. The first-order chi connectivity index (χ1) is 15.6. The van der Waals surface area contributed by atoms with Gasteiger partial charge in [-0.2, -0.15) is 0 Å². The first-order valence-electron chi connectivity index (χ1n) is 11.8. The van der Waals surface area contributed by atoms with Crippen LogP contribution in [0.25, 0.3) is 0 Å². The fraction of sp³-hybridized carbons (Fsp3) is 0.625. The zero-order chi connectivity index (χ0) is 21.8. The molecule has 170 valence electrons. The average Bonchev–Trinajstić information content (AvgIpc) is 3.52. The van der Waals surface area contributed by atoms with Gasteiger partial charge < -0.3 is 14.4 Å². The van der Waals surface area contributed by atoms with Crippen molar-refractivity contribution < 1.29 is 23.9 Å². The van der Waals surface area contributed by atoms with E-state index in [-0.39, 0.29) is 30.2 Å². The van der Waals surface area contributed by atoms with Gasteiger partial charge in [0.25, 0.3) is 5.91 Å². The van der Waals surface area contributed by atoms with E-state index in [1.54, 1.807) is 4.90 Å². The number of carbonyl (C=O) groups excluding carboxylic acids is 3. The molecular formula is C24H29N3O5. The van der Waals surface area contributed by atoms with Crippen molar-refractivity contribution in [2.45, 2.75) is 56.8 Å². The zero-order valence-corrected chi connectivity index (χ0v) is 18.1. The highest BCUT2D eigenvalue weighted by atomic mass is 16.5. The minimum atomic E-state index is -0.588. The van der Waals surface area contributed by atoms with E-state index in [0.29, 0.717) is 36.4 Å². The van der Waals surface area contributed by atoms with Gasteiger partial charge in [0.2, 0.25) is 11.8 Å². The number of benzene rings is 1. The summed E-state index contributed by atoms with van der Waals surface area (Å²) in [6.07, 6.45) is 4.18. The Morgan fingerprint density at radius 2 is 1.84 bits per heavy atom. The number of carbonyl (C=O) groups is 3. The predicted molar refractivity (Wildman–Crippen MR) is 114 cm³/mol. The van der Waals surface area contributed by atoms with Crippen LogP contribution in [-0.2, 0) is 20.9 Å². The van der Waals surface area contributed by atoms with Crippen molar-refractivity contribution in [3.05, 3.63) is 29.3 Å². The molecule has 0 radical (unpaired) electrons. The summed E-state index contributed by atoms with van der Waals surface area (Å²) in [5, 5.41) is 2.35. The molecule has 5 aliphatic rings. The number of amides is 3. The molecule has 32 heavy (non-hydrogen) atoms.